The molecule has 158 valence electrons. The molecule has 1 unspecified atom stereocenters. The number of carbonyl (C=O) groups is 3. The highest BCUT2D eigenvalue weighted by atomic mass is 16.2. The summed E-state index contributed by atoms with van der Waals surface area (Å²) in [7, 11) is 0. The van der Waals surface area contributed by atoms with Crippen LogP contribution in [0.3, 0.4) is 0 Å². The van der Waals surface area contributed by atoms with E-state index in [0.717, 1.165) is 23.7 Å². The molecule has 1 aliphatic rings. The highest BCUT2D eigenvalue weighted by Crippen LogP contribution is 2.32. The Labute approximate surface area is 177 Å². The Balaban J connectivity index is 1.69. The average molecular weight is 409 g/mol. The summed E-state index contributed by atoms with van der Waals surface area (Å²) in [4.78, 5) is 41.3. The Kier molecular flexibility index (Phi) is 6.40. The molecule has 0 saturated carbocycles. The number of hydrogen-bond donors (Lipinski definition) is 2. The van der Waals surface area contributed by atoms with Gasteiger partial charge in [-0.25, -0.2) is 4.79 Å². The molecule has 4 amide bonds. The van der Waals surface area contributed by atoms with Crippen LogP contribution in [-0.4, -0.2) is 42.4 Å². The van der Waals surface area contributed by atoms with Crippen molar-refractivity contribution in [3.63, 3.8) is 0 Å². The van der Waals surface area contributed by atoms with Crippen LogP contribution in [0.25, 0.3) is 0 Å². The maximum absolute atomic E-state index is 13.1. The van der Waals surface area contributed by atoms with Crippen molar-refractivity contribution in [2.45, 2.75) is 32.7 Å². The van der Waals surface area contributed by atoms with E-state index in [1.54, 1.807) is 0 Å². The van der Waals surface area contributed by atoms with Crippen LogP contribution < -0.4 is 15.5 Å². The number of imide groups is 1. The van der Waals surface area contributed by atoms with Gasteiger partial charge in [-0.3, -0.25) is 14.5 Å². The quantitative estimate of drug-likeness (QED) is 0.657. The summed E-state index contributed by atoms with van der Waals surface area (Å²) in [6.07, 6.45) is 0.395. The van der Waals surface area contributed by atoms with Gasteiger partial charge in [-0.2, -0.15) is 0 Å². The maximum Gasteiger partial charge on any atom is 0.325 e. The molecule has 2 aromatic carbocycles. The fourth-order valence-corrected chi connectivity index (χ4v) is 3.82. The summed E-state index contributed by atoms with van der Waals surface area (Å²) < 4.78 is 0. The van der Waals surface area contributed by atoms with Gasteiger partial charge in [0, 0.05) is 24.5 Å². The molecule has 2 N–H and O–H groups in total. The molecular formula is C23H28N4O3. The molecule has 1 saturated heterocycles. The zero-order valence-electron chi connectivity index (χ0n) is 17.6. The first-order valence-corrected chi connectivity index (χ1v) is 10.3. The molecular weight excluding hydrogens is 380 g/mol. The molecule has 0 bridgehead atoms. The Morgan fingerprint density at radius 1 is 1.00 bits per heavy atom. The van der Waals surface area contributed by atoms with Crippen molar-refractivity contribution >= 4 is 29.2 Å². The lowest BCUT2D eigenvalue weighted by atomic mass is 9.87. The van der Waals surface area contributed by atoms with Gasteiger partial charge in [-0.05, 0) is 50.1 Å². The molecule has 2 aromatic rings. The van der Waals surface area contributed by atoms with Gasteiger partial charge in [0.1, 0.15) is 12.1 Å². The molecule has 3 rings (SSSR count). The third kappa shape index (κ3) is 4.01. The lowest BCUT2D eigenvalue weighted by Crippen LogP contribution is -2.44. The first-order valence-electron chi connectivity index (χ1n) is 10.3. The van der Waals surface area contributed by atoms with Crippen LogP contribution in [0.15, 0.2) is 54.6 Å². The minimum Gasteiger partial charge on any atom is -0.372 e. The zero-order chi connectivity index (χ0) is 21.7. The molecule has 1 atom stereocenters. The monoisotopic (exact) mass is 408 g/mol. The van der Waals surface area contributed by atoms with Gasteiger partial charge in [0.2, 0.25) is 5.91 Å². The van der Waals surface area contributed by atoms with E-state index < -0.39 is 23.4 Å². The van der Waals surface area contributed by atoms with Gasteiger partial charge in [-0.15, -0.1) is 0 Å². The van der Waals surface area contributed by atoms with Crippen molar-refractivity contribution in [3.05, 3.63) is 60.2 Å². The van der Waals surface area contributed by atoms with E-state index in [9.17, 15) is 14.4 Å². The number of anilines is 2. The van der Waals surface area contributed by atoms with E-state index in [2.05, 4.69) is 29.4 Å². The van der Waals surface area contributed by atoms with E-state index in [-0.39, 0.29) is 6.54 Å². The Morgan fingerprint density at radius 3 is 2.20 bits per heavy atom. The van der Waals surface area contributed by atoms with Gasteiger partial charge in [-0.1, -0.05) is 37.3 Å². The molecule has 30 heavy (non-hydrogen) atoms. The van der Waals surface area contributed by atoms with Crippen LogP contribution in [0.1, 0.15) is 32.8 Å². The molecule has 0 aromatic heterocycles. The second-order valence-corrected chi connectivity index (χ2v) is 7.21. The standard InChI is InChI=1S/C23H28N4O3/c1-4-23(17-10-8-7-9-11-17)21(29)27(22(30)25-23)16-20(28)24-18-12-14-19(15-13-18)26(5-2)6-3/h7-15H,4-6,16H2,1-3H3,(H,24,28)(H,25,30). The van der Waals surface area contributed by atoms with Gasteiger partial charge >= 0.3 is 6.03 Å². The van der Waals surface area contributed by atoms with Gasteiger partial charge in [0.05, 0.1) is 0 Å². The van der Waals surface area contributed by atoms with Crippen LogP contribution >= 0.6 is 0 Å². The number of urea groups is 1. The van der Waals surface area contributed by atoms with Crippen LogP contribution in [0, 0.1) is 0 Å². The SMILES string of the molecule is CCN(CC)c1ccc(NC(=O)CN2C(=O)NC(CC)(c3ccccc3)C2=O)cc1. The summed E-state index contributed by atoms with van der Waals surface area (Å²) in [5.74, 6) is -0.831. The first-order chi connectivity index (χ1) is 14.4. The van der Waals surface area contributed by atoms with Gasteiger partial charge in [0.15, 0.2) is 0 Å². The fourth-order valence-electron chi connectivity index (χ4n) is 3.82. The number of rotatable bonds is 8. The number of nitrogens with one attached hydrogen (secondary N) is 2. The highest BCUT2D eigenvalue weighted by Gasteiger charge is 2.51. The summed E-state index contributed by atoms with van der Waals surface area (Å²) >= 11 is 0. The second kappa shape index (κ2) is 8.98. The van der Waals surface area contributed by atoms with Crippen LogP contribution in [0.5, 0.6) is 0 Å². The minimum absolute atomic E-state index is 0.336. The second-order valence-electron chi connectivity index (χ2n) is 7.21. The average Bonchev–Trinajstić information content (AvgIpc) is 3.01. The minimum atomic E-state index is -1.13. The van der Waals surface area contributed by atoms with Crippen molar-refractivity contribution < 1.29 is 14.4 Å². The smallest absolute Gasteiger partial charge is 0.325 e. The van der Waals surface area contributed by atoms with E-state index >= 15 is 0 Å². The Bertz CT molecular complexity index is 910. The molecule has 7 heteroatoms. The first kappa shape index (κ1) is 21.4. The summed E-state index contributed by atoms with van der Waals surface area (Å²) in [5, 5.41) is 5.55. The predicted molar refractivity (Wildman–Crippen MR) is 117 cm³/mol. The van der Waals surface area contributed by atoms with E-state index in [1.807, 2.05) is 61.5 Å². The van der Waals surface area contributed by atoms with Crippen LogP contribution in [-0.2, 0) is 15.1 Å². The summed E-state index contributed by atoms with van der Waals surface area (Å²) in [6.45, 7) is 7.47. The van der Waals surface area contributed by atoms with Crippen molar-refractivity contribution in [3.8, 4) is 0 Å². The molecule has 1 heterocycles. The number of nitrogens with zero attached hydrogens (tertiary/aromatic N) is 2. The van der Waals surface area contributed by atoms with Gasteiger partial charge < -0.3 is 15.5 Å². The Hall–Kier alpha value is -3.35. The largest absolute Gasteiger partial charge is 0.372 e. The normalized spacial score (nSPS) is 18.3. The van der Waals surface area contributed by atoms with Crippen LogP contribution in [0.4, 0.5) is 16.2 Å². The van der Waals surface area contributed by atoms with Crippen molar-refractivity contribution in [1.29, 1.82) is 0 Å². The van der Waals surface area contributed by atoms with Crippen molar-refractivity contribution in [2.24, 2.45) is 0 Å². The molecule has 0 spiro atoms. The number of amides is 4. The molecule has 0 aliphatic carbocycles. The lowest BCUT2D eigenvalue weighted by Gasteiger charge is -2.25. The highest BCUT2D eigenvalue weighted by molar-refractivity contribution is 6.10. The zero-order valence-corrected chi connectivity index (χ0v) is 17.6. The molecule has 0 radical (unpaired) electrons. The summed E-state index contributed by atoms with van der Waals surface area (Å²) in [5.41, 5.74) is 1.26. The number of hydrogen-bond acceptors (Lipinski definition) is 4. The van der Waals surface area contributed by atoms with Crippen molar-refractivity contribution in [2.75, 3.05) is 29.9 Å². The molecule has 1 aliphatic heterocycles. The topological polar surface area (TPSA) is 81.8 Å². The van der Waals surface area contributed by atoms with Crippen LogP contribution in [0.2, 0.25) is 0 Å². The summed E-state index contributed by atoms with van der Waals surface area (Å²) in [6, 6.07) is 16.1. The van der Waals surface area contributed by atoms with E-state index in [1.165, 1.54) is 0 Å². The number of carbonyl (C=O) groups excluding carboxylic acids is 3. The molecule has 7 nitrogen and oxygen atoms in total. The van der Waals surface area contributed by atoms with Gasteiger partial charge in [0.25, 0.3) is 5.91 Å². The van der Waals surface area contributed by atoms with Crippen molar-refractivity contribution in [1.82, 2.24) is 10.2 Å². The predicted octanol–water partition coefficient (Wildman–Crippen LogP) is 3.33. The number of benzene rings is 2. The Morgan fingerprint density at radius 2 is 1.63 bits per heavy atom. The van der Waals surface area contributed by atoms with E-state index in [4.69, 9.17) is 0 Å². The fraction of sp³-hybridized carbons (Fsp3) is 0.348. The third-order valence-electron chi connectivity index (χ3n) is 5.55. The third-order valence-corrected chi connectivity index (χ3v) is 5.55. The molecule has 1 fully saturated rings. The van der Waals surface area contributed by atoms with E-state index in [0.29, 0.717) is 17.7 Å². The maximum atomic E-state index is 13.1. The lowest BCUT2D eigenvalue weighted by molar-refractivity contribution is -0.134.